The minimum absolute atomic E-state index is 0.0344. The summed E-state index contributed by atoms with van der Waals surface area (Å²) in [6.07, 6.45) is -0.567. The second kappa shape index (κ2) is 6.60. The van der Waals surface area contributed by atoms with Gasteiger partial charge in [-0.3, -0.25) is 4.90 Å². The Kier molecular flexibility index (Phi) is 4.38. The van der Waals surface area contributed by atoms with Crippen LogP contribution < -0.4 is 0 Å². The predicted molar refractivity (Wildman–Crippen MR) is 105 cm³/mol. The minimum Gasteiger partial charge on any atom is -0.480 e. The van der Waals surface area contributed by atoms with Gasteiger partial charge in [-0.15, -0.1) is 11.8 Å². The van der Waals surface area contributed by atoms with Crippen molar-refractivity contribution in [2.24, 2.45) is 0 Å². The average molecular weight is 383 g/mol. The van der Waals surface area contributed by atoms with Gasteiger partial charge in [-0.05, 0) is 36.1 Å². The van der Waals surface area contributed by atoms with Crippen LogP contribution in [0.2, 0.25) is 0 Å². The summed E-state index contributed by atoms with van der Waals surface area (Å²) in [5.41, 5.74) is 4.60. The van der Waals surface area contributed by atoms with E-state index in [0.29, 0.717) is 5.88 Å². The summed E-state index contributed by atoms with van der Waals surface area (Å²) in [5.74, 6) is -0.716. The van der Waals surface area contributed by atoms with E-state index < -0.39 is 22.9 Å². The Morgan fingerprint density at radius 3 is 2.22 bits per heavy atom. The summed E-state index contributed by atoms with van der Waals surface area (Å²) in [5, 5.41) is 9.55. The van der Waals surface area contributed by atoms with Gasteiger partial charge >= 0.3 is 12.1 Å². The standard InChI is InChI=1S/C21H21NO4S/c1-21(2)18(19(23)24)22(12-27-21)20(25)26-11-17-15-9-5-3-7-13(15)14-8-4-6-10-16(14)17/h3-10,17-18H,11-12H2,1-2H3,(H,23,24)/t18-/m1/s1. The largest absolute Gasteiger partial charge is 0.480 e. The number of ether oxygens (including phenoxy) is 1. The fourth-order valence-corrected chi connectivity index (χ4v) is 5.14. The summed E-state index contributed by atoms with van der Waals surface area (Å²) < 4.78 is 5.06. The van der Waals surface area contributed by atoms with E-state index in [2.05, 4.69) is 24.3 Å². The summed E-state index contributed by atoms with van der Waals surface area (Å²) in [6.45, 7) is 3.88. The molecule has 1 amide bonds. The van der Waals surface area contributed by atoms with Crippen LogP contribution in [0.15, 0.2) is 48.5 Å². The minimum atomic E-state index is -1.00. The summed E-state index contributed by atoms with van der Waals surface area (Å²) in [7, 11) is 0. The zero-order valence-corrected chi connectivity index (χ0v) is 16.0. The van der Waals surface area contributed by atoms with E-state index in [9.17, 15) is 14.7 Å². The van der Waals surface area contributed by atoms with Gasteiger partial charge in [0.05, 0.1) is 5.88 Å². The number of amides is 1. The van der Waals surface area contributed by atoms with E-state index in [4.69, 9.17) is 4.74 Å². The van der Waals surface area contributed by atoms with Crippen molar-refractivity contribution in [1.82, 2.24) is 4.90 Å². The zero-order chi connectivity index (χ0) is 19.2. The molecule has 2 aromatic carbocycles. The summed E-state index contributed by atoms with van der Waals surface area (Å²) in [6, 6.07) is 15.4. The molecule has 1 N–H and O–H groups in total. The molecule has 1 heterocycles. The molecule has 27 heavy (non-hydrogen) atoms. The van der Waals surface area contributed by atoms with Gasteiger partial charge in [0, 0.05) is 10.7 Å². The molecule has 0 spiro atoms. The van der Waals surface area contributed by atoms with Crippen molar-refractivity contribution >= 4 is 23.8 Å². The number of fused-ring (bicyclic) bond motifs is 3. The van der Waals surface area contributed by atoms with Gasteiger partial charge in [0.1, 0.15) is 12.6 Å². The number of rotatable bonds is 3. The van der Waals surface area contributed by atoms with Crippen molar-refractivity contribution in [1.29, 1.82) is 0 Å². The van der Waals surface area contributed by atoms with E-state index in [-0.39, 0.29) is 12.5 Å². The number of nitrogens with zero attached hydrogens (tertiary/aromatic N) is 1. The Hall–Kier alpha value is -2.47. The Labute approximate surface area is 162 Å². The van der Waals surface area contributed by atoms with Crippen LogP contribution in [-0.4, -0.2) is 45.3 Å². The summed E-state index contributed by atoms with van der Waals surface area (Å²) in [4.78, 5) is 25.6. The van der Waals surface area contributed by atoms with E-state index in [1.807, 2.05) is 38.1 Å². The average Bonchev–Trinajstić information content (AvgIpc) is 3.14. The van der Waals surface area contributed by atoms with Crippen LogP contribution in [0.1, 0.15) is 30.9 Å². The quantitative estimate of drug-likeness (QED) is 0.861. The first-order valence-electron chi connectivity index (χ1n) is 8.88. The molecule has 1 aliphatic heterocycles. The predicted octanol–water partition coefficient (Wildman–Crippen LogP) is 4.17. The lowest BCUT2D eigenvalue weighted by molar-refractivity contribution is -0.142. The highest BCUT2D eigenvalue weighted by atomic mass is 32.2. The number of hydrogen-bond acceptors (Lipinski definition) is 4. The van der Waals surface area contributed by atoms with Crippen LogP contribution >= 0.6 is 11.8 Å². The second-order valence-electron chi connectivity index (χ2n) is 7.39. The molecule has 2 aromatic rings. The Morgan fingerprint density at radius 2 is 1.67 bits per heavy atom. The van der Waals surface area contributed by atoms with Crippen molar-refractivity contribution in [3.05, 3.63) is 59.7 Å². The van der Waals surface area contributed by atoms with Crippen LogP contribution in [-0.2, 0) is 9.53 Å². The fraction of sp³-hybridized carbons (Fsp3) is 0.333. The van der Waals surface area contributed by atoms with E-state index in [1.165, 1.54) is 16.7 Å². The number of carbonyl (C=O) groups excluding carboxylic acids is 1. The van der Waals surface area contributed by atoms with Crippen LogP contribution in [0.3, 0.4) is 0 Å². The maximum Gasteiger partial charge on any atom is 0.411 e. The number of carbonyl (C=O) groups is 2. The number of thioether (sulfide) groups is 1. The number of carboxylic acids is 1. The van der Waals surface area contributed by atoms with Crippen LogP contribution in [0.4, 0.5) is 4.79 Å². The molecule has 2 aliphatic rings. The molecule has 4 rings (SSSR count). The fourth-order valence-electron chi connectivity index (χ4n) is 4.03. The Morgan fingerprint density at radius 1 is 1.11 bits per heavy atom. The number of benzene rings is 2. The molecule has 1 aliphatic carbocycles. The van der Waals surface area contributed by atoms with Crippen molar-refractivity contribution in [3.63, 3.8) is 0 Å². The van der Waals surface area contributed by atoms with E-state index in [0.717, 1.165) is 22.3 Å². The molecule has 6 heteroatoms. The first-order chi connectivity index (χ1) is 12.9. The lowest BCUT2D eigenvalue weighted by atomic mass is 9.98. The summed E-state index contributed by atoms with van der Waals surface area (Å²) >= 11 is 1.45. The van der Waals surface area contributed by atoms with Crippen LogP contribution in [0.25, 0.3) is 11.1 Å². The lowest BCUT2D eigenvalue weighted by Crippen LogP contribution is -2.49. The van der Waals surface area contributed by atoms with Gasteiger partial charge in [-0.2, -0.15) is 0 Å². The van der Waals surface area contributed by atoms with Gasteiger partial charge in [-0.25, -0.2) is 9.59 Å². The lowest BCUT2D eigenvalue weighted by Gasteiger charge is -2.27. The first-order valence-corrected chi connectivity index (χ1v) is 9.87. The maximum absolute atomic E-state index is 12.7. The Bertz CT molecular complexity index is 865. The molecule has 5 nitrogen and oxygen atoms in total. The topological polar surface area (TPSA) is 66.8 Å². The molecule has 1 atom stereocenters. The third kappa shape index (κ3) is 2.98. The second-order valence-corrected chi connectivity index (χ2v) is 8.99. The molecule has 1 saturated heterocycles. The zero-order valence-electron chi connectivity index (χ0n) is 15.2. The van der Waals surface area contributed by atoms with E-state index >= 15 is 0 Å². The van der Waals surface area contributed by atoms with E-state index in [1.54, 1.807) is 0 Å². The smallest absolute Gasteiger partial charge is 0.411 e. The van der Waals surface area contributed by atoms with Crippen molar-refractivity contribution in [3.8, 4) is 11.1 Å². The molecule has 0 unspecified atom stereocenters. The first kappa shape index (κ1) is 17.9. The number of hydrogen-bond donors (Lipinski definition) is 1. The highest BCUT2D eigenvalue weighted by molar-refractivity contribution is 8.00. The van der Waals surface area contributed by atoms with Gasteiger partial charge in [-0.1, -0.05) is 48.5 Å². The molecule has 0 radical (unpaired) electrons. The molecular weight excluding hydrogens is 362 g/mol. The molecule has 0 aromatic heterocycles. The SMILES string of the molecule is CC1(C)SCN(C(=O)OCC2c3ccccc3-c3ccccc32)[C@@H]1C(=O)O. The van der Waals surface area contributed by atoms with Gasteiger partial charge < -0.3 is 9.84 Å². The molecule has 0 saturated carbocycles. The van der Waals surface area contributed by atoms with Crippen molar-refractivity contribution in [2.45, 2.75) is 30.6 Å². The van der Waals surface area contributed by atoms with Gasteiger partial charge in [0.15, 0.2) is 0 Å². The van der Waals surface area contributed by atoms with Crippen LogP contribution in [0.5, 0.6) is 0 Å². The maximum atomic E-state index is 12.7. The highest BCUT2D eigenvalue weighted by Gasteiger charge is 2.49. The van der Waals surface area contributed by atoms with Gasteiger partial charge in [0.2, 0.25) is 0 Å². The van der Waals surface area contributed by atoms with Gasteiger partial charge in [0.25, 0.3) is 0 Å². The molecule has 0 bridgehead atoms. The third-order valence-electron chi connectivity index (χ3n) is 5.35. The molecular formula is C21H21NO4S. The van der Waals surface area contributed by atoms with Crippen molar-refractivity contribution in [2.75, 3.05) is 12.5 Å². The monoisotopic (exact) mass is 383 g/mol. The normalized spacial score (nSPS) is 20.2. The van der Waals surface area contributed by atoms with Crippen LogP contribution in [0, 0.1) is 0 Å². The number of carboxylic acid groups (broad SMARTS) is 1. The number of aliphatic carboxylic acids is 1. The third-order valence-corrected chi connectivity index (χ3v) is 6.72. The molecule has 140 valence electrons. The Balaban J connectivity index is 1.54. The molecule has 1 fully saturated rings. The van der Waals surface area contributed by atoms with Crippen molar-refractivity contribution < 1.29 is 19.4 Å². The highest BCUT2D eigenvalue weighted by Crippen LogP contribution is 2.45.